The third kappa shape index (κ3) is 2.80. The molecule has 22 heavy (non-hydrogen) atoms. The lowest BCUT2D eigenvalue weighted by atomic mass is 9.95. The minimum absolute atomic E-state index is 0.0183. The van der Waals surface area contributed by atoms with Crippen LogP contribution in [0.4, 0.5) is 0 Å². The van der Waals surface area contributed by atoms with Gasteiger partial charge in [0, 0.05) is 11.0 Å². The molecule has 0 bridgehead atoms. The van der Waals surface area contributed by atoms with Crippen LogP contribution in [0.1, 0.15) is 33.3 Å². The van der Waals surface area contributed by atoms with Crippen molar-refractivity contribution in [2.75, 3.05) is 7.11 Å². The molecule has 4 nitrogen and oxygen atoms in total. The normalized spacial score (nSPS) is 17.1. The van der Waals surface area contributed by atoms with Gasteiger partial charge in [0.2, 0.25) is 0 Å². The second kappa shape index (κ2) is 6.15. The summed E-state index contributed by atoms with van der Waals surface area (Å²) in [6, 6.07) is 9.28. The molecule has 0 saturated carbocycles. The zero-order chi connectivity index (χ0) is 15.5. The number of thiophene rings is 1. The van der Waals surface area contributed by atoms with Crippen LogP contribution in [0.15, 0.2) is 41.8 Å². The number of hydrogen-bond acceptors (Lipinski definition) is 5. The lowest BCUT2D eigenvalue weighted by Crippen LogP contribution is -2.20. The van der Waals surface area contributed by atoms with Gasteiger partial charge in [-0.3, -0.25) is 4.79 Å². The Hall–Kier alpha value is -2.40. The van der Waals surface area contributed by atoms with Crippen molar-refractivity contribution in [2.45, 2.75) is 12.5 Å². The number of fused-ring (bicyclic) bond motifs is 1. The van der Waals surface area contributed by atoms with Gasteiger partial charge in [-0.1, -0.05) is 18.2 Å². The zero-order valence-electron chi connectivity index (χ0n) is 11.9. The fraction of sp³-hybridized carbons (Fsp3) is 0.176. The maximum Gasteiger partial charge on any atom is 0.330 e. The summed E-state index contributed by atoms with van der Waals surface area (Å²) in [6.07, 6.45) is 2.95. The molecule has 1 aliphatic rings. The van der Waals surface area contributed by atoms with Crippen molar-refractivity contribution in [1.82, 2.24) is 0 Å². The number of methoxy groups -OCH3 is 1. The van der Waals surface area contributed by atoms with E-state index in [1.807, 2.05) is 17.5 Å². The van der Waals surface area contributed by atoms with Crippen molar-refractivity contribution >= 4 is 29.2 Å². The van der Waals surface area contributed by atoms with Gasteiger partial charge in [-0.25, -0.2) is 4.79 Å². The Balaban J connectivity index is 1.93. The smallest absolute Gasteiger partial charge is 0.330 e. The number of ether oxygens (including phenoxy) is 2. The number of Topliss-reactive ketones (excluding diaryl/α,β-unsaturated/α-hetero) is 1. The van der Waals surface area contributed by atoms with E-state index in [1.165, 1.54) is 13.2 Å². The highest BCUT2D eigenvalue weighted by atomic mass is 32.1. The van der Waals surface area contributed by atoms with E-state index in [0.29, 0.717) is 23.3 Å². The SMILES string of the molecule is COC(=O)/C=C/c1cccc2c1C(=O)CC(c1cccs1)O2. The fourth-order valence-corrected chi connectivity index (χ4v) is 3.16. The van der Waals surface area contributed by atoms with Crippen LogP contribution >= 0.6 is 11.3 Å². The first-order valence-electron chi connectivity index (χ1n) is 6.81. The summed E-state index contributed by atoms with van der Waals surface area (Å²) in [5.74, 6) is 0.115. The van der Waals surface area contributed by atoms with E-state index in [2.05, 4.69) is 4.74 Å². The number of ketones is 1. The molecule has 0 saturated heterocycles. The summed E-state index contributed by atoms with van der Waals surface area (Å²) >= 11 is 1.58. The number of esters is 1. The second-order valence-electron chi connectivity index (χ2n) is 4.83. The van der Waals surface area contributed by atoms with Crippen LogP contribution in [-0.4, -0.2) is 18.9 Å². The fourth-order valence-electron chi connectivity index (χ4n) is 2.41. The highest BCUT2D eigenvalue weighted by Gasteiger charge is 2.29. The first kappa shape index (κ1) is 14.5. The molecule has 0 fully saturated rings. The molecule has 0 spiro atoms. The molecule has 2 aromatic rings. The largest absolute Gasteiger partial charge is 0.484 e. The van der Waals surface area contributed by atoms with Crippen LogP contribution in [0.2, 0.25) is 0 Å². The molecular formula is C17H14O4S. The Morgan fingerprint density at radius 3 is 2.95 bits per heavy atom. The molecular weight excluding hydrogens is 300 g/mol. The van der Waals surface area contributed by atoms with E-state index in [1.54, 1.807) is 35.6 Å². The van der Waals surface area contributed by atoms with E-state index in [4.69, 9.17) is 4.74 Å². The Morgan fingerprint density at radius 2 is 2.23 bits per heavy atom. The molecule has 112 valence electrons. The predicted octanol–water partition coefficient (Wildman–Crippen LogP) is 3.64. The van der Waals surface area contributed by atoms with Crippen LogP contribution in [-0.2, 0) is 9.53 Å². The zero-order valence-corrected chi connectivity index (χ0v) is 12.8. The number of benzene rings is 1. The number of rotatable bonds is 3. The van der Waals surface area contributed by atoms with Gasteiger partial charge in [0.1, 0.15) is 11.9 Å². The van der Waals surface area contributed by atoms with Gasteiger partial charge < -0.3 is 9.47 Å². The molecule has 5 heteroatoms. The molecule has 0 aliphatic carbocycles. The monoisotopic (exact) mass is 314 g/mol. The molecule has 1 aliphatic heterocycles. The number of carbonyl (C=O) groups excluding carboxylic acids is 2. The molecule has 3 rings (SSSR count). The highest BCUT2D eigenvalue weighted by molar-refractivity contribution is 7.10. The van der Waals surface area contributed by atoms with Crippen LogP contribution < -0.4 is 4.74 Å². The van der Waals surface area contributed by atoms with E-state index in [0.717, 1.165) is 4.88 Å². The van der Waals surface area contributed by atoms with E-state index in [9.17, 15) is 9.59 Å². The van der Waals surface area contributed by atoms with Crippen molar-refractivity contribution in [3.63, 3.8) is 0 Å². The first-order chi connectivity index (χ1) is 10.7. The molecule has 1 aromatic heterocycles. The van der Waals surface area contributed by atoms with E-state index >= 15 is 0 Å². The summed E-state index contributed by atoms with van der Waals surface area (Å²) in [6.45, 7) is 0. The molecule has 0 amide bonds. The lowest BCUT2D eigenvalue weighted by molar-refractivity contribution is -0.134. The van der Waals surface area contributed by atoms with Gasteiger partial charge in [-0.2, -0.15) is 0 Å². The molecule has 1 aromatic carbocycles. The predicted molar refractivity (Wildman–Crippen MR) is 84.1 cm³/mol. The van der Waals surface area contributed by atoms with Crippen LogP contribution in [0.25, 0.3) is 6.08 Å². The first-order valence-corrected chi connectivity index (χ1v) is 7.69. The Bertz CT molecular complexity index is 731. The quantitative estimate of drug-likeness (QED) is 0.641. The number of hydrogen-bond donors (Lipinski definition) is 0. The molecule has 0 N–H and O–H groups in total. The molecule has 2 heterocycles. The minimum atomic E-state index is -0.460. The summed E-state index contributed by atoms with van der Waals surface area (Å²) in [4.78, 5) is 24.8. The van der Waals surface area contributed by atoms with Crippen molar-refractivity contribution in [2.24, 2.45) is 0 Å². The maximum absolute atomic E-state index is 12.5. The van der Waals surface area contributed by atoms with Crippen LogP contribution in [0, 0.1) is 0 Å². The molecule has 0 radical (unpaired) electrons. The summed E-state index contributed by atoms with van der Waals surface area (Å²) in [7, 11) is 1.31. The lowest BCUT2D eigenvalue weighted by Gasteiger charge is -2.25. The van der Waals surface area contributed by atoms with Gasteiger partial charge in [0.15, 0.2) is 5.78 Å². The van der Waals surface area contributed by atoms with E-state index in [-0.39, 0.29) is 11.9 Å². The Labute approximate surface area is 132 Å². The Morgan fingerprint density at radius 1 is 1.36 bits per heavy atom. The third-order valence-corrected chi connectivity index (χ3v) is 4.40. The molecule has 1 unspecified atom stereocenters. The summed E-state index contributed by atoms with van der Waals surface area (Å²) in [5.41, 5.74) is 1.19. The minimum Gasteiger partial charge on any atom is -0.484 e. The van der Waals surface area contributed by atoms with Gasteiger partial charge in [-0.05, 0) is 29.2 Å². The highest BCUT2D eigenvalue weighted by Crippen LogP contribution is 2.38. The third-order valence-electron chi connectivity index (χ3n) is 3.44. The van der Waals surface area contributed by atoms with Crippen LogP contribution in [0.3, 0.4) is 0 Å². The topological polar surface area (TPSA) is 52.6 Å². The number of carbonyl (C=O) groups is 2. The van der Waals surface area contributed by atoms with Crippen molar-refractivity contribution in [3.8, 4) is 5.75 Å². The second-order valence-corrected chi connectivity index (χ2v) is 5.81. The van der Waals surface area contributed by atoms with Gasteiger partial charge >= 0.3 is 5.97 Å². The maximum atomic E-state index is 12.5. The van der Waals surface area contributed by atoms with Gasteiger partial charge in [-0.15, -0.1) is 11.3 Å². The summed E-state index contributed by atoms with van der Waals surface area (Å²) < 4.78 is 10.5. The average molecular weight is 314 g/mol. The van der Waals surface area contributed by atoms with Gasteiger partial charge in [0.25, 0.3) is 0 Å². The molecule has 1 atom stereocenters. The Kier molecular flexibility index (Phi) is 4.06. The van der Waals surface area contributed by atoms with E-state index < -0.39 is 5.97 Å². The standard InChI is InChI=1S/C17H14O4S/c1-20-16(19)8-7-11-4-2-5-13-17(11)12(18)10-14(21-13)15-6-3-9-22-15/h2-9,14H,10H2,1H3/b8-7+. The van der Waals surface area contributed by atoms with Crippen molar-refractivity contribution in [1.29, 1.82) is 0 Å². The summed E-state index contributed by atoms with van der Waals surface area (Å²) in [5, 5.41) is 1.97. The van der Waals surface area contributed by atoms with Crippen molar-refractivity contribution in [3.05, 3.63) is 57.8 Å². The average Bonchev–Trinajstić information content (AvgIpc) is 3.06. The van der Waals surface area contributed by atoms with Gasteiger partial charge in [0.05, 0.1) is 19.1 Å². The van der Waals surface area contributed by atoms with Crippen LogP contribution in [0.5, 0.6) is 5.75 Å². The van der Waals surface area contributed by atoms with Crippen molar-refractivity contribution < 1.29 is 19.1 Å².